The van der Waals surface area contributed by atoms with Crippen LogP contribution in [0.25, 0.3) is 0 Å². The summed E-state index contributed by atoms with van der Waals surface area (Å²) in [6, 6.07) is 2.16. The maximum absolute atomic E-state index is 9.86. The van der Waals surface area contributed by atoms with E-state index in [0.29, 0.717) is 11.8 Å². The molecule has 94 valence electrons. The van der Waals surface area contributed by atoms with Crippen molar-refractivity contribution >= 4 is 0 Å². The first kappa shape index (κ1) is 12.4. The Kier molecular flexibility index (Phi) is 3.72. The summed E-state index contributed by atoms with van der Waals surface area (Å²) in [6.07, 6.45) is 6.56. The SMILES string of the molecule is CC1=CC[C@H](c2coc(CC(C)C)c2)CC1O. The molecule has 1 aliphatic carbocycles. The Morgan fingerprint density at radius 1 is 1.47 bits per heavy atom. The Bertz CT molecular complexity index is 401. The Hall–Kier alpha value is -1.02. The Morgan fingerprint density at radius 3 is 2.88 bits per heavy atom. The number of furan rings is 1. The molecule has 0 saturated heterocycles. The molecule has 0 fully saturated rings. The first-order chi connectivity index (χ1) is 8.06. The number of hydrogen-bond acceptors (Lipinski definition) is 2. The van der Waals surface area contributed by atoms with Crippen LogP contribution in [-0.4, -0.2) is 11.2 Å². The van der Waals surface area contributed by atoms with Gasteiger partial charge in [-0.1, -0.05) is 19.9 Å². The van der Waals surface area contributed by atoms with Crippen molar-refractivity contribution in [3.8, 4) is 0 Å². The Labute approximate surface area is 103 Å². The van der Waals surface area contributed by atoms with Crippen LogP contribution in [-0.2, 0) is 6.42 Å². The summed E-state index contributed by atoms with van der Waals surface area (Å²) in [7, 11) is 0. The van der Waals surface area contributed by atoms with Gasteiger partial charge in [-0.05, 0) is 48.8 Å². The maximum atomic E-state index is 9.86. The fraction of sp³-hybridized carbons (Fsp3) is 0.600. The number of allylic oxidation sites excluding steroid dienone is 1. The van der Waals surface area contributed by atoms with Crippen molar-refractivity contribution in [2.24, 2.45) is 5.92 Å². The van der Waals surface area contributed by atoms with E-state index < -0.39 is 0 Å². The van der Waals surface area contributed by atoms with Crippen LogP contribution in [0.1, 0.15) is 50.9 Å². The fourth-order valence-electron chi connectivity index (χ4n) is 2.41. The quantitative estimate of drug-likeness (QED) is 0.810. The molecule has 0 spiro atoms. The number of rotatable bonds is 3. The van der Waals surface area contributed by atoms with Crippen LogP contribution in [0.2, 0.25) is 0 Å². The third-order valence-electron chi connectivity index (χ3n) is 3.51. The van der Waals surface area contributed by atoms with Gasteiger partial charge in [0.15, 0.2) is 0 Å². The largest absolute Gasteiger partial charge is 0.469 e. The smallest absolute Gasteiger partial charge is 0.104 e. The first-order valence-electron chi connectivity index (χ1n) is 6.48. The van der Waals surface area contributed by atoms with E-state index in [4.69, 9.17) is 4.42 Å². The molecule has 1 unspecified atom stereocenters. The van der Waals surface area contributed by atoms with E-state index >= 15 is 0 Å². The summed E-state index contributed by atoms with van der Waals surface area (Å²) >= 11 is 0. The van der Waals surface area contributed by atoms with Crippen molar-refractivity contribution in [2.75, 3.05) is 0 Å². The molecular formula is C15H22O2. The van der Waals surface area contributed by atoms with Crippen LogP contribution in [0.4, 0.5) is 0 Å². The lowest BCUT2D eigenvalue weighted by Crippen LogP contribution is -2.17. The molecule has 0 aliphatic heterocycles. The third kappa shape index (κ3) is 3.01. The molecule has 1 aliphatic rings. The van der Waals surface area contributed by atoms with Gasteiger partial charge in [0, 0.05) is 6.42 Å². The van der Waals surface area contributed by atoms with Gasteiger partial charge in [-0.3, -0.25) is 0 Å². The standard InChI is InChI=1S/C15H22O2/c1-10(2)6-14-7-13(9-17-14)12-5-4-11(3)15(16)8-12/h4,7,9-10,12,15-16H,5-6,8H2,1-3H3/t12-,15?/m0/s1. The van der Waals surface area contributed by atoms with Gasteiger partial charge in [-0.15, -0.1) is 0 Å². The molecule has 2 nitrogen and oxygen atoms in total. The molecular weight excluding hydrogens is 212 g/mol. The molecule has 1 N–H and O–H groups in total. The van der Waals surface area contributed by atoms with E-state index in [2.05, 4.69) is 26.0 Å². The molecule has 0 bridgehead atoms. The maximum Gasteiger partial charge on any atom is 0.104 e. The van der Waals surface area contributed by atoms with Crippen LogP contribution < -0.4 is 0 Å². The highest BCUT2D eigenvalue weighted by Gasteiger charge is 2.22. The second-order valence-electron chi connectivity index (χ2n) is 5.58. The second-order valence-corrected chi connectivity index (χ2v) is 5.58. The van der Waals surface area contributed by atoms with Gasteiger partial charge in [-0.2, -0.15) is 0 Å². The van der Waals surface area contributed by atoms with Gasteiger partial charge in [0.25, 0.3) is 0 Å². The molecule has 1 aromatic heterocycles. The van der Waals surface area contributed by atoms with Gasteiger partial charge in [0.05, 0.1) is 12.4 Å². The summed E-state index contributed by atoms with van der Waals surface area (Å²) in [5.74, 6) is 2.10. The van der Waals surface area contributed by atoms with Crippen molar-refractivity contribution < 1.29 is 9.52 Å². The topological polar surface area (TPSA) is 33.4 Å². The molecule has 2 rings (SSSR count). The molecule has 0 aromatic carbocycles. The fourth-order valence-corrected chi connectivity index (χ4v) is 2.41. The van der Waals surface area contributed by atoms with E-state index in [1.807, 2.05) is 13.2 Å². The highest BCUT2D eigenvalue weighted by atomic mass is 16.3. The molecule has 0 amide bonds. The predicted molar refractivity (Wildman–Crippen MR) is 69.0 cm³/mol. The zero-order chi connectivity index (χ0) is 12.4. The highest BCUT2D eigenvalue weighted by Crippen LogP contribution is 2.33. The normalized spacial score (nSPS) is 25.1. The average Bonchev–Trinajstić information content (AvgIpc) is 2.69. The van der Waals surface area contributed by atoms with E-state index in [1.165, 1.54) is 5.56 Å². The number of aliphatic hydroxyl groups is 1. The molecule has 17 heavy (non-hydrogen) atoms. The van der Waals surface area contributed by atoms with Crippen LogP contribution in [0.5, 0.6) is 0 Å². The van der Waals surface area contributed by atoms with E-state index in [1.54, 1.807) is 0 Å². The lowest BCUT2D eigenvalue weighted by molar-refractivity contribution is 0.182. The van der Waals surface area contributed by atoms with Gasteiger partial charge in [-0.25, -0.2) is 0 Å². The minimum absolute atomic E-state index is 0.280. The van der Waals surface area contributed by atoms with E-state index in [0.717, 1.165) is 30.6 Å². The molecule has 1 heterocycles. The number of hydrogen-bond donors (Lipinski definition) is 1. The Morgan fingerprint density at radius 2 is 2.24 bits per heavy atom. The zero-order valence-electron chi connectivity index (χ0n) is 10.9. The monoisotopic (exact) mass is 234 g/mol. The summed E-state index contributed by atoms with van der Waals surface area (Å²) in [5, 5.41) is 9.86. The van der Waals surface area contributed by atoms with Gasteiger partial charge < -0.3 is 9.52 Å². The van der Waals surface area contributed by atoms with Crippen molar-refractivity contribution in [3.63, 3.8) is 0 Å². The van der Waals surface area contributed by atoms with Crippen molar-refractivity contribution in [1.29, 1.82) is 0 Å². The van der Waals surface area contributed by atoms with Crippen molar-refractivity contribution in [1.82, 2.24) is 0 Å². The molecule has 0 saturated carbocycles. The predicted octanol–water partition coefficient (Wildman–Crippen LogP) is 3.66. The van der Waals surface area contributed by atoms with Gasteiger partial charge >= 0.3 is 0 Å². The summed E-state index contributed by atoms with van der Waals surface area (Å²) in [6.45, 7) is 6.39. The molecule has 0 radical (unpaired) electrons. The first-order valence-corrected chi connectivity index (χ1v) is 6.48. The van der Waals surface area contributed by atoms with E-state index in [9.17, 15) is 5.11 Å². The lowest BCUT2D eigenvalue weighted by atomic mass is 9.84. The van der Waals surface area contributed by atoms with Crippen LogP contribution >= 0.6 is 0 Å². The van der Waals surface area contributed by atoms with Gasteiger partial charge in [0.1, 0.15) is 5.76 Å². The van der Waals surface area contributed by atoms with Crippen molar-refractivity contribution in [3.05, 3.63) is 35.3 Å². The minimum Gasteiger partial charge on any atom is -0.469 e. The molecule has 2 atom stereocenters. The summed E-state index contributed by atoms with van der Waals surface area (Å²) in [4.78, 5) is 0. The average molecular weight is 234 g/mol. The summed E-state index contributed by atoms with van der Waals surface area (Å²) < 4.78 is 5.59. The highest BCUT2D eigenvalue weighted by molar-refractivity contribution is 5.23. The number of aliphatic hydroxyl groups excluding tert-OH is 1. The van der Waals surface area contributed by atoms with Crippen LogP contribution in [0, 0.1) is 5.92 Å². The van der Waals surface area contributed by atoms with Crippen molar-refractivity contribution in [2.45, 2.75) is 52.1 Å². The summed E-state index contributed by atoms with van der Waals surface area (Å²) in [5.41, 5.74) is 2.34. The minimum atomic E-state index is -0.280. The van der Waals surface area contributed by atoms with E-state index in [-0.39, 0.29) is 6.10 Å². The molecule has 2 heteroatoms. The lowest BCUT2D eigenvalue weighted by Gasteiger charge is -2.23. The second kappa shape index (κ2) is 5.09. The van der Waals surface area contributed by atoms with Gasteiger partial charge in [0.2, 0.25) is 0 Å². The third-order valence-corrected chi connectivity index (χ3v) is 3.51. The van der Waals surface area contributed by atoms with Crippen LogP contribution in [0.15, 0.2) is 28.4 Å². The van der Waals surface area contributed by atoms with Crippen LogP contribution in [0.3, 0.4) is 0 Å². The Balaban J connectivity index is 2.06. The molecule has 1 aromatic rings. The zero-order valence-corrected chi connectivity index (χ0v) is 10.9.